The molecule has 2 rings (SSSR count). The maximum absolute atomic E-state index is 13.5. The van der Waals surface area contributed by atoms with Crippen molar-refractivity contribution in [2.24, 2.45) is 11.7 Å². The topological polar surface area (TPSA) is 63.4 Å². The Hall–Kier alpha value is -1.05. The van der Waals surface area contributed by atoms with Gasteiger partial charge in [-0.25, -0.2) is 12.8 Å². The second-order valence-corrected chi connectivity index (χ2v) is 7.31. The molecule has 0 saturated carbocycles. The molecule has 0 bridgehead atoms. The molecular weight excluding hydrogens is 299 g/mol. The molecular formula is C13H17FN2O2S2. The average Bonchev–Trinajstić information content (AvgIpc) is 2.88. The van der Waals surface area contributed by atoms with Gasteiger partial charge in [-0.15, -0.1) is 0 Å². The number of benzene rings is 1. The fourth-order valence-corrected chi connectivity index (χ4v) is 4.07. The first-order chi connectivity index (χ1) is 9.36. The van der Waals surface area contributed by atoms with Crippen LogP contribution in [0.5, 0.6) is 0 Å². The van der Waals surface area contributed by atoms with Crippen molar-refractivity contribution in [3.63, 3.8) is 0 Å². The van der Waals surface area contributed by atoms with Crippen LogP contribution in [0.25, 0.3) is 0 Å². The van der Waals surface area contributed by atoms with Gasteiger partial charge in [0.1, 0.15) is 10.8 Å². The summed E-state index contributed by atoms with van der Waals surface area (Å²) < 4.78 is 40.0. The van der Waals surface area contributed by atoms with Crippen LogP contribution >= 0.6 is 12.2 Å². The van der Waals surface area contributed by atoms with Crippen LogP contribution in [0.4, 0.5) is 4.39 Å². The van der Waals surface area contributed by atoms with Crippen LogP contribution in [0, 0.1) is 11.7 Å². The lowest BCUT2D eigenvalue weighted by Crippen LogP contribution is -2.29. The average molecular weight is 316 g/mol. The molecule has 1 atom stereocenters. The zero-order valence-corrected chi connectivity index (χ0v) is 12.8. The number of nitrogens with zero attached hydrogens (tertiary/aromatic N) is 1. The number of hydrogen-bond donors (Lipinski definition) is 1. The maximum atomic E-state index is 13.5. The largest absolute Gasteiger partial charge is 0.389 e. The van der Waals surface area contributed by atoms with Crippen LogP contribution in [0.1, 0.15) is 25.3 Å². The van der Waals surface area contributed by atoms with Gasteiger partial charge in [0, 0.05) is 18.7 Å². The highest BCUT2D eigenvalue weighted by Gasteiger charge is 2.32. The van der Waals surface area contributed by atoms with E-state index in [9.17, 15) is 12.8 Å². The van der Waals surface area contributed by atoms with E-state index in [4.69, 9.17) is 18.0 Å². The summed E-state index contributed by atoms with van der Waals surface area (Å²) >= 11 is 4.73. The number of halogens is 1. The fraction of sp³-hybridized carbons (Fsp3) is 0.462. The van der Waals surface area contributed by atoms with Gasteiger partial charge >= 0.3 is 0 Å². The van der Waals surface area contributed by atoms with E-state index in [2.05, 4.69) is 0 Å². The lowest BCUT2D eigenvalue weighted by atomic mass is 10.1. The molecule has 0 aromatic heterocycles. The third kappa shape index (κ3) is 2.84. The molecule has 1 aromatic rings. The van der Waals surface area contributed by atoms with Crippen molar-refractivity contribution in [2.45, 2.75) is 24.7 Å². The van der Waals surface area contributed by atoms with Crippen LogP contribution in [-0.2, 0) is 10.0 Å². The summed E-state index contributed by atoms with van der Waals surface area (Å²) in [5.74, 6) is -0.218. The SMILES string of the molecule is CCC1CCN(S(=O)(=O)c2ccc(F)c(C(N)=S)c2)C1. The molecule has 4 nitrogen and oxygen atoms in total. The minimum absolute atomic E-state index is 0.0349. The summed E-state index contributed by atoms with van der Waals surface area (Å²) in [5, 5.41) is 0. The number of rotatable bonds is 4. The van der Waals surface area contributed by atoms with E-state index >= 15 is 0 Å². The molecule has 1 aliphatic heterocycles. The molecule has 110 valence electrons. The molecule has 1 heterocycles. The highest BCUT2D eigenvalue weighted by molar-refractivity contribution is 7.89. The van der Waals surface area contributed by atoms with Crippen molar-refractivity contribution in [1.29, 1.82) is 0 Å². The Morgan fingerprint density at radius 1 is 1.55 bits per heavy atom. The Balaban J connectivity index is 2.35. The van der Waals surface area contributed by atoms with Crippen molar-refractivity contribution >= 4 is 27.2 Å². The van der Waals surface area contributed by atoms with Gasteiger partial charge in [0.05, 0.1) is 4.90 Å². The van der Waals surface area contributed by atoms with Crippen molar-refractivity contribution in [2.75, 3.05) is 13.1 Å². The minimum Gasteiger partial charge on any atom is -0.389 e. The molecule has 1 aliphatic rings. The van der Waals surface area contributed by atoms with Crippen LogP contribution in [-0.4, -0.2) is 30.8 Å². The first-order valence-electron chi connectivity index (χ1n) is 6.45. The number of nitrogens with two attached hydrogens (primary N) is 1. The Morgan fingerprint density at radius 3 is 2.80 bits per heavy atom. The van der Waals surface area contributed by atoms with E-state index in [-0.39, 0.29) is 15.4 Å². The van der Waals surface area contributed by atoms with E-state index in [1.807, 2.05) is 6.92 Å². The molecule has 20 heavy (non-hydrogen) atoms. The van der Waals surface area contributed by atoms with E-state index < -0.39 is 15.8 Å². The van der Waals surface area contributed by atoms with E-state index in [1.54, 1.807) is 0 Å². The number of sulfonamides is 1. The van der Waals surface area contributed by atoms with Gasteiger partial charge in [-0.1, -0.05) is 25.6 Å². The monoisotopic (exact) mass is 316 g/mol. The molecule has 0 aliphatic carbocycles. The smallest absolute Gasteiger partial charge is 0.243 e. The van der Waals surface area contributed by atoms with Gasteiger partial charge in [0.2, 0.25) is 10.0 Å². The highest BCUT2D eigenvalue weighted by atomic mass is 32.2. The van der Waals surface area contributed by atoms with Crippen molar-refractivity contribution in [3.05, 3.63) is 29.6 Å². The molecule has 1 saturated heterocycles. The van der Waals surface area contributed by atoms with Crippen molar-refractivity contribution in [1.82, 2.24) is 4.31 Å². The predicted molar refractivity (Wildman–Crippen MR) is 79.4 cm³/mol. The summed E-state index contributed by atoms with van der Waals surface area (Å²) in [7, 11) is -3.60. The molecule has 1 fully saturated rings. The minimum atomic E-state index is -3.60. The van der Waals surface area contributed by atoms with Crippen molar-refractivity contribution < 1.29 is 12.8 Å². The normalized spacial score (nSPS) is 20.2. The Morgan fingerprint density at radius 2 is 2.25 bits per heavy atom. The van der Waals surface area contributed by atoms with Crippen LogP contribution in [0.3, 0.4) is 0 Å². The first-order valence-corrected chi connectivity index (χ1v) is 8.30. The molecule has 0 spiro atoms. The summed E-state index contributed by atoms with van der Waals surface area (Å²) in [6.07, 6.45) is 1.81. The van der Waals surface area contributed by atoms with Crippen LogP contribution in [0.2, 0.25) is 0 Å². The molecule has 7 heteroatoms. The Labute approximate surface area is 123 Å². The number of hydrogen-bond acceptors (Lipinski definition) is 3. The fourth-order valence-electron chi connectivity index (χ4n) is 2.35. The van der Waals surface area contributed by atoms with E-state index in [1.165, 1.54) is 16.4 Å². The van der Waals surface area contributed by atoms with Gasteiger partial charge in [0.25, 0.3) is 0 Å². The van der Waals surface area contributed by atoms with Crippen LogP contribution in [0.15, 0.2) is 23.1 Å². The molecule has 1 unspecified atom stereocenters. The Kier molecular flexibility index (Phi) is 4.41. The Bertz CT molecular complexity index is 631. The summed E-state index contributed by atoms with van der Waals surface area (Å²) in [6, 6.07) is 3.56. The van der Waals surface area contributed by atoms with Crippen LogP contribution < -0.4 is 5.73 Å². The third-order valence-electron chi connectivity index (χ3n) is 3.67. The second kappa shape index (κ2) is 5.75. The van der Waals surface area contributed by atoms with E-state index in [0.717, 1.165) is 18.9 Å². The second-order valence-electron chi connectivity index (χ2n) is 4.93. The molecule has 0 radical (unpaired) electrons. The lowest BCUT2D eigenvalue weighted by Gasteiger charge is -2.17. The summed E-state index contributed by atoms with van der Waals surface area (Å²) in [6.45, 7) is 3.06. The van der Waals surface area contributed by atoms with Gasteiger partial charge in [-0.2, -0.15) is 4.31 Å². The van der Waals surface area contributed by atoms with Gasteiger partial charge in [0.15, 0.2) is 0 Å². The lowest BCUT2D eigenvalue weighted by molar-refractivity contribution is 0.453. The van der Waals surface area contributed by atoms with Gasteiger partial charge < -0.3 is 5.73 Å². The molecule has 0 amide bonds. The van der Waals surface area contributed by atoms with E-state index in [0.29, 0.717) is 19.0 Å². The molecule has 2 N–H and O–H groups in total. The predicted octanol–water partition coefficient (Wildman–Crippen LogP) is 1.88. The number of thiocarbonyl (C=S) groups is 1. The zero-order valence-electron chi connectivity index (χ0n) is 11.2. The standard InChI is InChI=1S/C13H17FN2O2S2/c1-2-9-5-6-16(8-9)20(17,18)10-3-4-12(14)11(7-10)13(15)19/h3-4,7,9H,2,5-6,8H2,1H3,(H2,15,19). The highest BCUT2D eigenvalue weighted by Crippen LogP contribution is 2.26. The first kappa shape index (κ1) is 15.3. The molecule has 1 aromatic carbocycles. The van der Waals surface area contributed by atoms with Gasteiger partial charge in [-0.05, 0) is 30.5 Å². The zero-order chi connectivity index (χ0) is 14.9. The van der Waals surface area contributed by atoms with Gasteiger partial charge in [-0.3, -0.25) is 0 Å². The third-order valence-corrected chi connectivity index (χ3v) is 5.75. The summed E-state index contributed by atoms with van der Waals surface area (Å²) in [4.78, 5) is -0.106. The maximum Gasteiger partial charge on any atom is 0.243 e. The summed E-state index contributed by atoms with van der Waals surface area (Å²) in [5.41, 5.74) is 5.37. The quantitative estimate of drug-likeness (QED) is 0.862. The van der Waals surface area contributed by atoms with Crippen molar-refractivity contribution in [3.8, 4) is 0 Å².